The maximum absolute atomic E-state index is 12.8. The van der Waals surface area contributed by atoms with Gasteiger partial charge in [0.2, 0.25) is 18.1 Å². The minimum Gasteiger partial charge on any atom is -0.497 e. The second-order valence-electron chi connectivity index (χ2n) is 20.2. The molecule has 4 aromatic heterocycles. The van der Waals surface area contributed by atoms with Crippen LogP contribution in [0.5, 0.6) is 28.7 Å². The third-order valence-corrected chi connectivity index (χ3v) is 13.0. The first-order valence-electron chi connectivity index (χ1n) is 26.3. The average Bonchev–Trinajstić information content (AvgIpc) is 2.19. The zero-order valence-electron chi connectivity index (χ0n) is 47.1. The highest BCUT2D eigenvalue weighted by molar-refractivity contribution is 5.98. The van der Waals surface area contributed by atoms with Gasteiger partial charge < -0.3 is 55.9 Å². The number of likely N-dealkylation sites (N-methyl/N-ethyl adjacent to an activating group) is 2. The molecule has 25 heteroatoms. The fraction of sp³-hybridized carbons (Fsp3) is 0.339. The maximum atomic E-state index is 12.8. The van der Waals surface area contributed by atoms with Crippen LogP contribution in [0.4, 0.5) is 24.8 Å². The predicted molar refractivity (Wildman–Crippen MR) is 315 cm³/mol. The molecule has 0 unspecified atom stereocenters. The molecule has 9 rings (SSSR count). The smallest absolute Gasteiger partial charge is 0.446 e. The molecular weight excluding hydrogens is 1090 g/mol. The fourth-order valence-corrected chi connectivity index (χ4v) is 8.95. The number of benzene rings is 3. The number of primary amides is 2. The summed E-state index contributed by atoms with van der Waals surface area (Å²) in [5.74, 6) is 2.47. The molecule has 7 aromatic rings. The van der Waals surface area contributed by atoms with Gasteiger partial charge in [-0.25, -0.2) is 14.6 Å². The van der Waals surface area contributed by atoms with Crippen molar-refractivity contribution in [2.75, 3.05) is 85.2 Å². The molecule has 0 spiro atoms. The largest absolute Gasteiger partial charge is 0.497 e. The van der Waals surface area contributed by atoms with E-state index in [9.17, 15) is 32.3 Å². The van der Waals surface area contributed by atoms with Crippen molar-refractivity contribution in [1.29, 1.82) is 0 Å². The van der Waals surface area contributed by atoms with Crippen molar-refractivity contribution in [1.82, 2.24) is 49.5 Å². The normalized spacial score (nSPS) is 15.0. The number of fused-ring (bicyclic) bond motifs is 2. The number of likely N-dealkylation sites (tertiary alicyclic amines) is 2. The first-order valence-corrected chi connectivity index (χ1v) is 26.3. The summed E-state index contributed by atoms with van der Waals surface area (Å²) in [5, 5.41) is 20.5. The number of methoxy groups -OCH3 is 1. The number of aromatic amines is 1. The second-order valence-corrected chi connectivity index (χ2v) is 20.2. The van der Waals surface area contributed by atoms with Gasteiger partial charge in [0.05, 0.1) is 24.8 Å². The van der Waals surface area contributed by atoms with E-state index >= 15 is 0 Å². The molecule has 4 amide bonds. The SMILES string of the molecule is C.COc1ccc(Cn2nc(N[C@@H]3CCN(C(=O)/C=C/CN(C)C)C3)c3c(Oc4ccc(C)cc4C(N)=O)ccnc32)cc1.Cc1ccc(Oc2ccnc3[nH]nc(N[C@@H]4CCN(C(=O)/C=C/CN(C)C)C4)c23)c(C(N)=O)c1.O=CC(F)(F)F. The average molecular weight is 1160 g/mol. The number of nitrogens with zero attached hydrogens (tertiary/aromatic N) is 9. The Morgan fingerprint density at radius 1 is 0.714 bits per heavy atom. The van der Waals surface area contributed by atoms with E-state index in [1.165, 1.54) is 0 Å². The standard InChI is InChI=1S/C32H37N7O4.C24H29N7O3.C2HF3O.CH4/c1-21-7-12-26(25(18-21)30(33)41)43-27-13-15-34-32-29(27)31(36-39(32)19-22-8-10-24(42-4)11-9-22)35-23-14-17-38(20-23)28(40)6-5-16-37(2)3;1-15-6-7-18(17(13-15)22(25)33)34-19-8-10-26-23-21(19)24(29-28-23)27-16-9-12-31(14-16)20(32)5-4-11-30(2)3;3-2(4,5)1-6;/h5-13,15,18,23H,14,16-17,19-20H2,1-4H3,(H2,33,41)(H,35,36);4-8,10,13,16H,9,11-12,14H2,1-3H3,(H2,25,33)(H2,26,27,28,29);1H;1H4/b6-5+;5-4+;;/t23-;16-;;/m11../s1. The molecule has 2 aliphatic rings. The van der Waals surface area contributed by atoms with E-state index in [4.69, 9.17) is 35.6 Å². The number of carbonyl (C=O) groups is 5. The number of anilines is 2. The van der Waals surface area contributed by atoms with Crippen LogP contribution in [-0.4, -0.2) is 172 Å². The number of amides is 4. The van der Waals surface area contributed by atoms with Crippen molar-refractivity contribution in [3.8, 4) is 28.7 Å². The number of nitrogens with one attached hydrogen (secondary N) is 3. The lowest BCUT2D eigenvalue weighted by molar-refractivity contribution is -0.156. The lowest BCUT2D eigenvalue weighted by Gasteiger charge is -2.16. The summed E-state index contributed by atoms with van der Waals surface area (Å²) < 4.78 is 50.8. The lowest BCUT2D eigenvalue weighted by Crippen LogP contribution is -2.30. The first kappa shape index (κ1) is 63.8. The number of aldehydes is 1. The van der Waals surface area contributed by atoms with E-state index in [-0.39, 0.29) is 36.9 Å². The van der Waals surface area contributed by atoms with E-state index in [2.05, 4.69) is 30.8 Å². The van der Waals surface area contributed by atoms with Gasteiger partial charge in [0.1, 0.15) is 39.5 Å². The van der Waals surface area contributed by atoms with Gasteiger partial charge in [-0.3, -0.25) is 29.1 Å². The number of hydrogen-bond acceptors (Lipinski definition) is 16. The molecule has 2 saturated heterocycles. The number of alkyl halides is 3. The minimum atomic E-state index is -4.64. The van der Waals surface area contributed by atoms with Gasteiger partial charge in [-0.1, -0.05) is 55.0 Å². The third kappa shape index (κ3) is 17.3. The number of hydrogen-bond donors (Lipinski definition) is 5. The van der Waals surface area contributed by atoms with Gasteiger partial charge in [-0.15, -0.1) is 0 Å². The third-order valence-electron chi connectivity index (χ3n) is 13.0. The van der Waals surface area contributed by atoms with Crippen LogP contribution in [0.15, 0.2) is 109 Å². The van der Waals surface area contributed by atoms with Crippen molar-refractivity contribution in [2.45, 2.75) is 58.9 Å². The lowest BCUT2D eigenvalue weighted by atomic mass is 10.1. The Morgan fingerprint density at radius 2 is 1.20 bits per heavy atom. The number of carbonyl (C=O) groups excluding carboxylic acids is 5. The molecule has 0 radical (unpaired) electrons. The Balaban J connectivity index is 0.000000248. The number of aromatic nitrogens is 6. The molecule has 84 heavy (non-hydrogen) atoms. The van der Waals surface area contributed by atoms with Crippen molar-refractivity contribution in [2.24, 2.45) is 11.5 Å². The van der Waals surface area contributed by atoms with E-state index in [1.54, 1.807) is 68.1 Å². The summed E-state index contributed by atoms with van der Waals surface area (Å²) in [7, 11) is 9.47. The van der Waals surface area contributed by atoms with Crippen LogP contribution < -0.4 is 36.3 Å². The molecule has 0 saturated carbocycles. The summed E-state index contributed by atoms with van der Waals surface area (Å²) in [6, 6.07) is 21.8. The van der Waals surface area contributed by atoms with Crippen LogP contribution in [0.25, 0.3) is 22.1 Å². The Morgan fingerprint density at radius 3 is 1.68 bits per heavy atom. The van der Waals surface area contributed by atoms with E-state index < -0.39 is 24.3 Å². The van der Waals surface area contributed by atoms with E-state index in [0.717, 1.165) is 41.8 Å². The van der Waals surface area contributed by atoms with Crippen molar-refractivity contribution in [3.05, 3.63) is 137 Å². The van der Waals surface area contributed by atoms with Crippen LogP contribution >= 0.6 is 0 Å². The summed E-state index contributed by atoms with van der Waals surface area (Å²) in [5.41, 5.74) is 15.8. The first-order chi connectivity index (χ1) is 39.6. The summed E-state index contributed by atoms with van der Waals surface area (Å²) in [4.78, 5) is 74.7. The molecule has 7 N–H and O–H groups in total. The van der Waals surface area contributed by atoms with Gasteiger partial charge in [0, 0.05) is 88.0 Å². The van der Waals surface area contributed by atoms with Crippen molar-refractivity contribution < 1.29 is 51.4 Å². The highest BCUT2D eigenvalue weighted by Gasteiger charge is 2.30. The van der Waals surface area contributed by atoms with Gasteiger partial charge in [-0.2, -0.15) is 23.4 Å². The highest BCUT2D eigenvalue weighted by atomic mass is 19.4. The molecule has 22 nitrogen and oxygen atoms in total. The quantitative estimate of drug-likeness (QED) is 0.0387. The molecule has 0 bridgehead atoms. The van der Waals surface area contributed by atoms with E-state index in [0.29, 0.717) is 102 Å². The van der Waals surface area contributed by atoms with Crippen LogP contribution in [0, 0.1) is 13.8 Å². The maximum Gasteiger partial charge on any atom is 0.446 e. The van der Waals surface area contributed by atoms with Crippen molar-refractivity contribution in [3.63, 3.8) is 0 Å². The van der Waals surface area contributed by atoms with E-state index in [1.807, 2.05) is 115 Å². The van der Waals surface area contributed by atoms with Crippen LogP contribution in [0.3, 0.4) is 0 Å². The minimum absolute atomic E-state index is 0. The van der Waals surface area contributed by atoms with Crippen LogP contribution in [-0.2, 0) is 20.9 Å². The number of halogens is 3. The van der Waals surface area contributed by atoms with Crippen LogP contribution in [0.1, 0.15) is 57.7 Å². The Hall–Kier alpha value is -9.36. The molecule has 6 heterocycles. The van der Waals surface area contributed by atoms with Crippen LogP contribution in [0.2, 0.25) is 0 Å². The number of pyridine rings is 2. The second kappa shape index (κ2) is 29.1. The fourth-order valence-electron chi connectivity index (χ4n) is 8.95. The zero-order chi connectivity index (χ0) is 60.0. The van der Waals surface area contributed by atoms with Crippen molar-refractivity contribution >= 4 is 63.6 Å². The summed E-state index contributed by atoms with van der Waals surface area (Å²) in [6.45, 7) is 8.06. The monoisotopic (exact) mass is 1160 g/mol. The molecule has 2 atom stereocenters. The Kier molecular flexibility index (Phi) is 22.1. The molecule has 3 aromatic carbocycles. The molecule has 446 valence electrons. The molecule has 0 aliphatic carbocycles. The zero-order valence-corrected chi connectivity index (χ0v) is 47.1. The number of H-pyrrole nitrogens is 1. The molecular formula is C59H71F3N14O8. The van der Waals surface area contributed by atoms with Gasteiger partial charge in [0.25, 0.3) is 11.8 Å². The number of rotatable bonds is 19. The number of nitrogens with two attached hydrogens (primary N) is 2. The summed E-state index contributed by atoms with van der Waals surface area (Å²) >= 11 is 0. The number of aryl methyl sites for hydroxylation is 2. The topological polar surface area (TPSA) is 274 Å². The Bertz CT molecular complexity index is 3490. The van der Waals surface area contributed by atoms with Gasteiger partial charge in [-0.05, 0) is 96.8 Å². The molecule has 2 aliphatic heterocycles. The Labute approximate surface area is 484 Å². The van der Waals surface area contributed by atoms with Gasteiger partial charge >= 0.3 is 6.18 Å². The number of ether oxygens (including phenoxy) is 3. The van der Waals surface area contributed by atoms with Gasteiger partial charge in [0.15, 0.2) is 22.9 Å². The predicted octanol–water partition coefficient (Wildman–Crippen LogP) is 7.49. The summed E-state index contributed by atoms with van der Waals surface area (Å²) in [6.07, 6.45) is 6.11. The molecule has 2 fully saturated rings. The highest BCUT2D eigenvalue weighted by Crippen LogP contribution is 2.38.